The van der Waals surface area contributed by atoms with Gasteiger partial charge in [-0.2, -0.15) is 0 Å². The van der Waals surface area contributed by atoms with E-state index in [0.717, 1.165) is 12.8 Å². The van der Waals surface area contributed by atoms with Gasteiger partial charge >= 0.3 is 6.03 Å². The Bertz CT molecular complexity index is 486. The van der Waals surface area contributed by atoms with E-state index < -0.39 is 0 Å². The zero-order valence-electron chi connectivity index (χ0n) is 9.92. The Labute approximate surface area is 110 Å². The molecule has 0 saturated heterocycles. The monoisotopic (exact) mass is 267 g/mol. The fourth-order valence-corrected chi connectivity index (χ4v) is 1.64. The van der Waals surface area contributed by atoms with E-state index in [4.69, 9.17) is 11.6 Å². The fraction of sp³-hybridized carbons (Fsp3) is 0.333. The summed E-state index contributed by atoms with van der Waals surface area (Å²) in [5.74, 6) is -0.225. The highest BCUT2D eigenvalue weighted by molar-refractivity contribution is 6.33. The predicted molar refractivity (Wildman–Crippen MR) is 70.0 cm³/mol. The first kappa shape index (κ1) is 12.7. The summed E-state index contributed by atoms with van der Waals surface area (Å²) in [6, 6.07) is 4.71. The number of rotatable bonds is 3. The molecule has 1 fully saturated rings. The van der Waals surface area contributed by atoms with Gasteiger partial charge < -0.3 is 16.0 Å². The number of anilines is 1. The molecule has 0 unspecified atom stereocenters. The minimum absolute atomic E-state index is 0.225. The van der Waals surface area contributed by atoms with Crippen molar-refractivity contribution in [1.82, 2.24) is 10.6 Å². The molecule has 0 bridgehead atoms. The molecule has 1 saturated carbocycles. The molecular formula is C12H14ClN3O2. The fourth-order valence-electron chi connectivity index (χ4n) is 1.48. The topological polar surface area (TPSA) is 70.2 Å². The predicted octanol–water partition coefficient (Wildman–Crippen LogP) is 1.98. The van der Waals surface area contributed by atoms with Crippen molar-refractivity contribution in [2.75, 3.05) is 12.4 Å². The first-order valence-corrected chi connectivity index (χ1v) is 6.07. The van der Waals surface area contributed by atoms with Crippen LogP contribution in [0.4, 0.5) is 10.5 Å². The second-order valence-electron chi connectivity index (χ2n) is 4.15. The summed E-state index contributed by atoms with van der Waals surface area (Å²) in [6.45, 7) is 0. The average molecular weight is 268 g/mol. The average Bonchev–Trinajstić information content (AvgIpc) is 3.14. The second kappa shape index (κ2) is 5.27. The third-order valence-corrected chi connectivity index (χ3v) is 2.95. The summed E-state index contributed by atoms with van der Waals surface area (Å²) in [5.41, 5.74) is 0.875. The van der Waals surface area contributed by atoms with Crippen LogP contribution in [0.3, 0.4) is 0 Å². The molecule has 0 radical (unpaired) electrons. The van der Waals surface area contributed by atoms with E-state index in [-0.39, 0.29) is 18.0 Å². The number of halogens is 1. The lowest BCUT2D eigenvalue weighted by molar-refractivity contribution is 0.0963. The quantitative estimate of drug-likeness (QED) is 0.784. The maximum atomic E-state index is 11.6. The second-order valence-corrected chi connectivity index (χ2v) is 4.55. The summed E-state index contributed by atoms with van der Waals surface area (Å²) in [7, 11) is 1.55. The van der Waals surface area contributed by atoms with Gasteiger partial charge in [-0.3, -0.25) is 4.79 Å². The minimum Gasteiger partial charge on any atom is -0.355 e. The Morgan fingerprint density at radius 1 is 1.33 bits per heavy atom. The largest absolute Gasteiger partial charge is 0.355 e. The Morgan fingerprint density at radius 3 is 2.67 bits per heavy atom. The molecule has 5 nitrogen and oxygen atoms in total. The van der Waals surface area contributed by atoms with Crippen LogP contribution in [-0.4, -0.2) is 25.0 Å². The lowest BCUT2D eigenvalue weighted by Crippen LogP contribution is -2.30. The standard InChI is InChI=1S/C12H14ClN3O2/c1-14-11(17)7-2-5-9(13)10(6-7)16-12(18)15-8-3-4-8/h2,5-6,8H,3-4H2,1H3,(H,14,17)(H2,15,16,18). The molecule has 3 N–H and O–H groups in total. The van der Waals surface area contributed by atoms with Crippen LogP contribution in [0.5, 0.6) is 0 Å². The molecule has 18 heavy (non-hydrogen) atoms. The highest BCUT2D eigenvalue weighted by Crippen LogP contribution is 2.24. The highest BCUT2D eigenvalue weighted by atomic mass is 35.5. The SMILES string of the molecule is CNC(=O)c1ccc(Cl)c(NC(=O)NC2CC2)c1. The van der Waals surface area contributed by atoms with Crippen molar-refractivity contribution >= 4 is 29.2 Å². The molecule has 96 valence electrons. The van der Waals surface area contributed by atoms with Crippen molar-refractivity contribution in [2.45, 2.75) is 18.9 Å². The Kier molecular flexibility index (Phi) is 3.72. The number of hydrogen-bond donors (Lipinski definition) is 3. The summed E-state index contributed by atoms with van der Waals surface area (Å²) in [4.78, 5) is 23.1. The number of carbonyl (C=O) groups is 2. The van der Waals surface area contributed by atoms with Gasteiger partial charge in [-0.05, 0) is 31.0 Å². The number of urea groups is 1. The molecule has 3 amide bonds. The van der Waals surface area contributed by atoms with E-state index in [1.807, 2.05) is 0 Å². The molecule has 0 heterocycles. The van der Waals surface area contributed by atoms with Gasteiger partial charge in [0, 0.05) is 18.7 Å². The molecule has 1 aliphatic rings. The maximum Gasteiger partial charge on any atom is 0.319 e. The van der Waals surface area contributed by atoms with Gasteiger partial charge in [0.2, 0.25) is 0 Å². The van der Waals surface area contributed by atoms with E-state index in [9.17, 15) is 9.59 Å². The third kappa shape index (κ3) is 3.13. The van der Waals surface area contributed by atoms with E-state index in [2.05, 4.69) is 16.0 Å². The highest BCUT2D eigenvalue weighted by Gasteiger charge is 2.23. The molecule has 2 rings (SSSR count). The summed E-state index contributed by atoms with van der Waals surface area (Å²) in [6.07, 6.45) is 2.03. The van der Waals surface area contributed by atoms with Gasteiger partial charge in [0.25, 0.3) is 5.91 Å². The van der Waals surface area contributed by atoms with Crippen LogP contribution in [-0.2, 0) is 0 Å². The van der Waals surface area contributed by atoms with Crippen molar-refractivity contribution < 1.29 is 9.59 Å². The Balaban J connectivity index is 2.09. The van der Waals surface area contributed by atoms with Crippen molar-refractivity contribution in [3.8, 4) is 0 Å². The number of amides is 3. The van der Waals surface area contributed by atoms with Crippen molar-refractivity contribution in [1.29, 1.82) is 0 Å². The summed E-state index contributed by atoms with van der Waals surface area (Å²) < 4.78 is 0. The van der Waals surface area contributed by atoms with Crippen LogP contribution in [0.1, 0.15) is 23.2 Å². The molecule has 1 aromatic rings. The number of benzene rings is 1. The van der Waals surface area contributed by atoms with Crippen LogP contribution >= 0.6 is 11.6 Å². The van der Waals surface area contributed by atoms with Gasteiger partial charge in [-0.15, -0.1) is 0 Å². The number of hydrogen-bond acceptors (Lipinski definition) is 2. The zero-order valence-corrected chi connectivity index (χ0v) is 10.7. The smallest absolute Gasteiger partial charge is 0.319 e. The van der Waals surface area contributed by atoms with Gasteiger partial charge in [0.15, 0.2) is 0 Å². The maximum absolute atomic E-state index is 11.6. The lowest BCUT2D eigenvalue weighted by atomic mass is 10.2. The van der Waals surface area contributed by atoms with Crippen LogP contribution in [0.2, 0.25) is 5.02 Å². The van der Waals surface area contributed by atoms with Crippen LogP contribution in [0.15, 0.2) is 18.2 Å². The van der Waals surface area contributed by atoms with E-state index >= 15 is 0 Å². The van der Waals surface area contributed by atoms with Gasteiger partial charge in [-0.25, -0.2) is 4.79 Å². The number of nitrogens with one attached hydrogen (secondary N) is 3. The molecule has 0 aliphatic heterocycles. The summed E-state index contributed by atoms with van der Waals surface area (Å²) in [5, 5.41) is 8.33. The zero-order chi connectivity index (χ0) is 13.1. The third-order valence-electron chi connectivity index (χ3n) is 2.62. The van der Waals surface area contributed by atoms with Gasteiger partial charge in [0.1, 0.15) is 0 Å². The van der Waals surface area contributed by atoms with E-state index in [1.165, 1.54) is 0 Å². The normalized spacial score (nSPS) is 13.9. The van der Waals surface area contributed by atoms with E-state index in [0.29, 0.717) is 16.3 Å². The first-order chi connectivity index (χ1) is 8.60. The number of carbonyl (C=O) groups excluding carboxylic acids is 2. The molecule has 0 atom stereocenters. The molecule has 6 heteroatoms. The van der Waals surface area contributed by atoms with Crippen molar-refractivity contribution in [3.63, 3.8) is 0 Å². The van der Waals surface area contributed by atoms with Crippen molar-refractivity contribution in [3.05, 3.63) is 28.8 Å². The minimum atomic E-state index is -0.298. The molecule has 1 aromatic carbocycles. The Hall–Kier alpha value is -1.75. The van der Waals surface area contributed by atoms with Crippen LogP contribution in [0.25, 0.3) is 0 Å². The van der Waals surface area contributed by atoms with E-state index in [1.54, 1.807) is 25.2 Å². The van der Waals surface area contributed by atoms with Crippen molar-refractivity contribution in [2.24, 2.45) is 0 Å². The lowest BCUT2D eigenvalue weighted by Gasteiger charge is -2.09. The van der Waals surface area contributed by atoms with Gasteiger partial charge in [-0.1, -0.05) is 11.6 Å². The molecular weight excluding hydrogens is 254 g/mol. The van der Waals surface area contributed by atoms with Crippen LogP contribution < -0.4 is 16.0 Å². The summed E-state index contributed by atoms with van der Waals surface area (Å²) >= 11 is 5.97. The molecule has 0 aromatic heterocycles. The first-order valence-electron chi connectivity index (χ1n) is 5.69. The van der Waals surface area contributed by atoms with Gasteiger partial charge in [0.05, 0.1) is 10.7 Å². The van der Waals surface area contributed by atoms with Crippen LogP contribution in [0, 0.1) is 0 Å². The molecule has 0 spiro atoms. The molecule has 1 aliphatic carbocycles. The Morgan fingerprint density at radius 2 is 2.06 bits per heavy atom.